The Labute approximate surface area is 178 Å². The lowest BCUT2D eigenvalue weighted by Crippen LogP contribution is -2.47. The molecule has 1 aromatic carbocycles. The van der Waals surface area contributed by atoms with Crippen LogP contribution in [0.5, 0.6) is 11.5 Å². The van der Waals surface area contributed by atoms with E-state index in [0.29, 0.717) is 13.1 Å². The number of hydrogen-bond acceptors (Lipinski definition) is 6. The molecule has 2 amide bonds. The van der Waals surface area contributed by atoms with Crippen molar-refractivity contribution in [2.24, 2.45) is 0 Å². The molecule has 2 fully saturated rings. The van der Waals surface area contributed by atoms with E-state index < -0.39 is 0 Å². The van der Waals surface area contributed by atoms with Gasteiger partial charge in [-0.3, -0.25) is 14.5 Å². The lowest BCUT2D eigenvalue weighted by Gasteiger charge is -2.34. The van der Waals surface area contributed by atoms with Gasteiger partial charge in [0.15, 0.2) is 11.5 Å². The minimum atomic E-state index is 0.0281. The van der Waals surface area contributed by atoms with Gasteiger partial charge in [-0.15, -0.1) is 0 Å². The fourth-order valence-corrected chi connectivity index (χ4v) is 4.01. The zero-order valence-electron chi connectivity index (χ0n) is 18.3. The van der Waals surface area contributed by atoms with Crippen molar-refractivity contribution in [3.05, 3.63) is 23.8 Å². The molecule has 0 bridgehead atoms. The average Bonchev–Trinajstić information content (AvgIpc) is 2.75. The quantitative estimate of drug-likeness (QED) is 0.665. The SMILES string of the molecule is COCC(=O)N1CCC(Oc2cc(CN3CCN(C(C)=O)CC3)ccc2OC)CC1. The Balaban J connectivity index is 1.56. The third kappa shape index (κ3) is 5.86. The summed E-state index contributed by atoms with van der Waals surface area (Å²) >= 11 is 0. The summed E-state index contributed by atoms with van der Waals surface area (Å²) in [5, 5.41) is 0. The highest BCUT2D eigenvalue weighted by molar-refractivity contribution is 5.77. The van der Waals surface area contributed by atoms with Crippen LogP contribution in [0, 0.1) is 0 Å². The summed E-state index contributed by atoms with van der Waals surface area (Å²) < 4.78 is 16.7. The zero-order chi connectivity index (χ0) is 21.5. The smallest absolute Gasteiger partial charge is 0.248 e. The first kappa shape index (κ1) is 22.4. The highest BCUT2D eigenvalue weighted by Gasteiger charge is 2.25. The molecule has 0 N–H and O–H groups in total. The van der Waals surface area contributed by atoms with Crippen molar-refractivity contribution in [1.82, 2.24) is 14.7 Å². The summed E-state index contributed by atoms with van der Waals surface area (Å²) in [6.45, 7) is 7.21. The van der Waals surface area contributed by atoms with Crippen molar-refractivity contribution in [2.45, 2.75) is 32.4 Å². The summed E-state index contributed by atoms with van der Waals surface area (Å²) in [6, 6.07) is 6.07. The number of amides is 2. The largest absolute Gasteiger partial charge is 0.493 e. The second kappa shape index (κ2) is 10.6. The van der Waals surface area contributed by atoms with Gasteiger partial charge in [0.1, 0.15) is 12.7 Å². The molecular weight excluding hydrogens is 386 g/mol. The van der Waals surface area contributed by atoms with Gasteiger partial charge in [-0.1, -0.05) is 6.07 Å². The number of rotatable bonds is 7. The van der Waals surface area contributed by atoms with Gasteiger partial charge in [0, 0.05) is 72.7 Å². The van der Waals surface area contributed by atoms with Crippen LogP contribution in [0.2, 0.25) is 0 Å². The molecule has 30 heavy (non-hydrogen) atoms. The van der Waals surface area contributed by atoms with Crippen molar-refractivity contribution in [3.8, 4) is 11.5 Å². The minimum absolute atomic E-state index is 0.0281. The van der Waals surface area contributed by atoms with Crippen LogP contribution < -0.4 is 9.47 Å². The van der Waals surface area contributed by atoms with E-state index in [1.54, 1.807) is 14.0 Å². The van der Waals surface area contributed by atoms with Gasteiger partial charge >= 0.3 is 0 Å². The molecule has 0 spiro atoms. The fourth-order valence-electron chi connectivity index (χ4n) is 4.01. The zero-order valence-corrected chi connectivity index (χ0v) is 18.3. The van der Waals surface area contributed by atoms with Crippen LogP contribution in [0.25, 0.3) is 0 Å². The molecule has 0 aliphatic carbocycles. The maximum Gasteiger partial charge on any atom is 0.248 e. The topological polar surface area (TPSA) is 71.5 Å². The molecular formula is C22H33N3O5. The standard InChI is InChI=1S/C22H33N3O5/c1-17(26)24-12-10-23(11-13-24)15-18-4-5-20(29-3)21(14-18)30-19-6-8-25(9-7-19)22(27)16-28-2/h4-5,14,19H,6-13,15-16H2,1-3H3. The second-order valence-electron chi connectivity index (χ2n) is 7.90. The van der Waals surface area contributed by atoms with Crippen LogP contribution >= 0.6 is 0 Å². The number of likely N-dealkylation sites (tertiary alicyclic amines) is 1. The molecule has 0 saturated carbocycles. The first-order valence-electron chi connectivity index (χ1n) is 10.6. The number of benzene rings is 1. The third-order valence-corrected chi connectivity index (χ3v) is 5.81. The lowest BCUT2D eigenvalue weighted by atomic mass is 10.1. The summed E-state index contributed by atoms with van der Waals surface area (Å²) in [5.74, 6) is 1.64. The Kier molecular flexibility index (Phi) is 7.93. The fraction of sp³-hybridized carbons (Fsp3) is 0.636. The van der Waals surface area contributed by atoms with Crippen molar-refractivity contribution in [2.75, 3.05) is 60.1 Å². The number of carbonyl (C=O) groups excluding carboxylic acids is 2. The lowest BCUT2D eigenvalue weighted by molar-refractivity contribution is -0.137. The number of methoxy groups -OCH3 is 2. The average molecular weight is 420 g/mol. The van der Waals surface area contributed by atoms with E-state index in [1.165, 1.54) is 7.11 Å². The summed E-state index contributed by atoms with van der Waals surface area (Å²) in [5.41, 5.74) is 1.16. The highest BCUT2D eigenvalue weighted by Crippen LogP contribution is 2.31. The molecule has 8 nitrogen and oxygen atoms in total. The van der Waals surface area contributed by atoms with E-state index in [-0.39, 0.29) is 24.5 Å². The summed E-state index contributed by atoms with van der Waals surface area (Å²) in [7, 11) is 3.19. The Morgan fingerprint density at radius 1 is 0.967 bits per heavy atom. The number of ether oxygens (including phenoxy) is 3. The molecule has 3 rings (SSSR count). The Bertz CT molecular complexity index is 725. The number of carbonyl (C=O) groups is 2. The van der Waals surface area contributed by atoms with E-state index in [1.807, 2.05) is 15.9 Å². The third-order valence-electron chi connectivity index (χ3n) is 5.81. The number of piperidine rings is 1. The molecule has 166 valence electrons. The molecule has 8 heteroatoms. The number of hydrogen-bond donors (Lipinski definition) is 0. The predicted molar refractivity (Wildman–Crippen MR) is 113 cm³/mol. The van der Waals surface area contributed by atoms with Crippen molar-refractivity contribution >= 4 is 11.8 Å². The molecule has 0 radical (unpaired) electrons. The van der Waals surface area contributed by atoms with Crippen LogP contribution in [0.3, 0.4) is 0 Å². The number of nitrogens with zero attached hydrogens (tertiary/aromatic N) is 3. The summed E-state index contributed by atoms with van der Waals surface area (Å²) in [6.07, 6.45) is 1.63. The van der Waals surface area contributed by atoms with Gasteiger partial charge in [0.05, 0.1) is 7.11 Å². The van der Waals surface area contributed by atoms with Gasteiger partial charge in [0.2, 0.25) is 11.8 Å². The van der Waals surface area contributed by atoms with Crippen LogP contribution in [-0.4, -0.2) is 92.7 Å². The van der Waals surface area contributed by atoms with Crippen molar-refractivity contribution in [1.29, 1.82) is 0 Å². The first-order valence-corrected chi connectivity index (χ1v) is 10.6. The number of piperazine rings is 1. The Hall–Kier alpha value is -2.32. The molecule has 1 aromatic rings. The molecule has 0 atom stereocenters. The van der Waals surface area contributed by atoms with Gasteiger partial charge in [0.25, 0.3) is 0 Å². The molecule has 0 unspecified atom stereocenters. The van der Waals surface area contributed by atoms with E-state index >= 15 is 0 Å². The van der Waals surface area contributed by atoms with E-state index in [4.69, 9.17) is 14.2 Å². The molecule has 2 aliphatic heterocycles. The molecule has 2 heterocycles. The van der Waals surface area contributed by atoms with Gasteiger partial charge in [-0.2, -0.15) is 0 Å². The second-order valence-corrected chi connectivity index (χ2v) is 7.90. The van der Waals surface area contributed by atoms with Crippen molar-refractivity contribution in [3.63, 3.8) is 0 Å². The van der Waals surface area contributed by atoms with Crippen LogP contribution in [-0.2, 0) is 20.9 Å². The van der Waals surface area contributed by atoms with Crippen molar-refractivity contribution < 1.29 is 23.8 Å². The first-order chi connectivity index (χ1) is 14.5. The van der Waals surface area contributed by atoms with E-state index in [2.05, 4.69) is 17.0 Å². The highest BCUT2D eigenvalue weighted by atomic mass is 16.5. The van der Waals surface area contributed by atoms with Crippen LogP contribution in [0.1, 0.15) is 25.3 Å². The van der Waals surface area contributed by atoms with Gasteiger partial charge < -0.3 is 24.0 Å². The van der Waals surface area contributed by atoms with E-state index in [0.717, 1.165) is 62.6 Å². The minimum Gasteiger partial charge on any atom is -0.493 e. The van der Waals surface area contributed by atoms with Crippen LogP contribution in [0.4, 0.5) is 0 Å². The normalized spacial score (nSPS) is 18.4. The summed E-state index contributed by atoms with van der Waals surface area (Å²) in [4.78, 5) is 29.6. The van der Waals surface area contributed by atoms with Gasteiger partial charge in [-0.25, -0.2) is 0 Å². The Morgan fingerprint density at radius 3 is 2.27 bits per heavy atom. The molecule has 0 aromatic heterocycles. The van der Waals surface area contributed by atoms with E-state index in [9.17, 15) is 9.59 Å². The van der Waals surface area contributed by atoms with Gasteiger partial charge in [-0.05, 0) is 17.7 Å². The van der Waals surface area contributed by atoms with Crippen LogP contribution in [0.15, 0.2) is 18.2 Å². The maximum absolute atomic E-state index is 12.0. The predicted octanol–water partition coefficient (Wildman–Crippen LogP) is 1.38. The monoisotopic (exact) mass is 419 g/mol. The Morgan fingerprint density at radius 2 is 1.67 bits per heavy atom. The molecule has 2 saturated heterocycles. The maximum atomic E-state index is 12.0. The molecule has 2 aliphatic rings.